The third kappa shape index (κ3) is 4.23. The average Bonchev–Trinajstić information content (AvgIpc) is 2.41. The molecule has 2 aromatic carbocycles. The van der Waals surface area contributed by atoms with Gasteiger partial charge in [-0.15, -0.1) is 0 Å². The highest BCUT2D eigenvalue weighted by molar-refractivity contribution is 6.42. The molecule has 0 radical (unpaired) electrons. The summed E-state index contributed by atoms with van der Waals surface area (Å²) in [5, 5.41) is 11.3. The molecule has 3 heteroatoms. The molecular weight excluding hydrogens is 303 g/mol. The first-order valence-corrected chi connectivity index (χ1v) is 7.75. The van der Waals surface area contributed by atoms with Crippen molar-refractivity contribution in [3.05, 3.63) is 69.2 Å². The fraction of sp³-hybridized carbons (Fsp3) is 0.333. The second-order valence-corrected chi connectivity index (χ2v) is 7.15. The lowest BCUT2D eigenvalue weighted by Gasteiger charge is -2.19. The molecule has 0 heterocycles. The maximum absolute atomic E-state index is 10.3. The standard InChI is InChI=1S/C18H20Cl2O/c1-18(2,3)14-7-4-12(5-8-14)10-17(21)13-6-9-15(19)16(20)11-13/h4-9,11,17,21H,10H2,1-3H3. The fourth-order valence-corrected chi connectivity index (χ4v) is 2.51. The zero-order valence-electron chi connectivity index (χ0n) is 12.5. The van der Waals surface area contributed by atoms with E-state index in [1.165, 1.54) is 5.56 Å². The van der Waals surface area contributed by atoms with Crippen molar-refractivity contribution in [2.45, 2.75) is 38.7 Å². The number of hydrogen-bond acceptors (Lipinski definition) is 1. The molecule has 0 amide bonds. The molecule has 0 spiro atoms. The van der Waals surface area contributed by atoms with Crippen LogP contribution in [0.2, 0.25) is 10.0 Å². The van der Waals surface area contributed by atoms with Gasteiger partial charge in [0.2, 0.25) is 0 Å². The summed E-state index contributed by atoms with van der Waals surface area (Å²) in [4.78, 5) is 0. The van der Waals surface area contributed by atoms with Crippen LogP contribution < -0.4 is 0 Å². The van der Waals surface area contributed by atoms with Gasteiger partial charge in [-0.05, 0) is 34.2 Å². The van der Waals surface area contributed by atoms with Gasteiger partial charge in [0.1, 0.15) is 0 Å². The molecule has 0 saturated carbocycles. The molecule has 0 fully saturated rings. The Bertz CT molecular complexity index is 612. The summed E-state index contributed by atoms with van der Waals surface area (Å²) in [6, 6.07) is 13.6. The minimum atomic E-state index is -0.583. The highest BCUT2D eigenvalue weighted by Gasteiger charge is 2.14. The van der Waals surface area contributed by atoms with E-state index in [2.05, 4.69) is 45.0 Å². The lowest BCUT2D eigenvalue weighted by molar-refractivity contribution is 0.178. The Hall–Kier alpha value is -1.02. The second-order valence-electron chi connectivity index (χ2n) is 6.34. The van der Waals surface area contributed by atoms with E-state index >= 15 is 0 Å². The van der Waals surface area contributed by atoms with Gasteiger partial charge in [0.15, 0.2) is 0 Å². The van der Waals surface area contributed by atoms with E-state index in [1.54, 1.807) is 12.1 Å². The smallest absolute Gasteiger partial charge is 0.0830 e. The second kappa shape index (κ2) is 6.39. The Labute approximate surface area is 136 Å². The number of benzene rings is 2. The van der Waals surface area contributed by atoms with Gasteiger partial charge in [-0.1, -0.05) is 74.3 Å². The molecule has 1 unspecified atom stereocenters. The van der Waals surface area contributed by atoms with Crippen molar-refractivity contribution < 1.29 is 5.11 Å². The summed E-state index contributed by atoms with van der Waals surface area (Å²) in [7, 11) is 0. The Balaban J connectivity index is 2.12. The maximum atomic E-state index is 10.3. The van der Waals surface area contributed by atoms with Gasteiger partial charge in [0.25, 0.3) is 0 Å². The monoisotopic (exact) mass is 322 g/mol. The summed E-state index contributed by atoms with van der Waals surface area (Å²) >= 11 is 11.9. The SMILES string of the molecule is CC(C)(C)c1ccc(CC(O)c2ccc(Cl)c(Cl)c2)cc1. The number of halogens is 2. The highest BCUT2D eigenvalue weighted by Crippen LogP contribution is 2.28. The first-order valence-electron chi connectivity index (χ1n) is 7.00. The van der Waals surface area contributed by atoms with Crippen molar-refractivity contribution in [3.63, 3.8) is 0 Å². The van der Waals surface area contributed by atoms with Crippen LogP contribution in [0, 0.1) is 0 Å². The molecule has 2 rings (SSSR count). The summed E-state index contributed by atoms with van der Waals surface area (Å²) in [5.41, 5.74) is 3.31. The zero-order chi connectivity index (χ0) is 15.6. The van der Waals surface area contributed by atoms with Crippen LogP contribution in [0.3, 0.4) is 0 Å². The van der Waals surface area contributed by atoms with Gasteiger partial charge in [-0.25, -0.2) is 0 Å². The third-order valence-corrected chi connectivity index (χ3v) is 4.32. The lowest BCUT2D eigenvalue weighted by atomic mass is 9.86. The van der Waals surface area contributed by atoms with Crippen LogP contribution in [0.15, 0.2) is 42.5 Å². The minimum Gasteiger partial charge on any atom is -0.388 e. The van der Waals surface area contributed by atoms with Crippen molar-refractivity contribution in [3.8, 4) is 0 Å². The predicted molar refractivity (Wildman–Crippen MR) is 90.3 cm³/mol. The fourth-order valence-electron chi connectivity index (χ4n) is 2.20. The van der Waals surface area contributed by atoms with Crippen LogP contribution in [-0.4, -0.2) is 5.11 Å². The normalized spacial score (nSPS) is 13.2. The lowest BCUT2D eigenvalue weighted by Crippen LogP contribution is -2.11. The molecule has 0 aliphatic heterocycles. The van der Waals surface area contributed by atoms with Gasteiger partial charge in [0, 0.05) is 6.42 Å². The summed E-state index contributed by atoms with van der Waals surface area (Å²) in [5.74, 6) is 0. The predicted octanol–water partition coefficient (Wildman–Crippen LogP) is 5.57. The van der Waals surface area contributed by atoms with Crippen LogP contribution in [0.1, 0.15) is 43.6 Å². The van der Waals surface area contributed by atoms with E-state index in [0.717, 1.165) is 11.1 Å². The molecule has 0 saturated heterocycles. The molecule has 1 atom stereocenters. The maximum Gasteiger partial charge on any atom is 0.0830 e. The van der Waals surface area contributed by atoms with E-state index < -0.39 is 6.10 Å². The van der Waals surface area contributed by atoms with E-state index in [-0.39, 0.29) is 5.41 Å². The Morgan fingerprint density at radius 3 is 2.10 bits per heavy atom. The Kier molecular flexibility index (Phi) is 4.98. The van der Waals surface area contributed by atoms with Crippen LogP contribution >= 0.6 is 23.2 Å². The topological polar surface area (TPSA) is 20.2 Å². The molecular formula is C18H20Cl2O. The number of aliphatic hydroxyl groups is 1. The average molecular weight is 323 g/mol. The molecule has 1 nitrogen and oxygen atoms in total. The van der Waals surface area contributed by atoms with Crippen molar-refractivity contribution in [2.75, 3.05) is 0 Å². The van der Waals surface area contributed by atoms with Crippen molar-refractivity contribution in [1.29, 1.82) is 0 Å². The van der Waals surface area contributed by atoms with Crippen LogP contribution in [0.5, 0.6) is 0 Å². The molecule has 112 valence electrons. The number of rotatable bonds is 3. The van der Waals surface area contributed by atoms with E-state index in [0.29, 0.717) is 16.5 Å². The van der Waals surface area contributed by atoms with Crippen molar-refractivity contribution >= 4 is 23.2 Å². The van der Waals surface area contributed by atoms with Crippen LogP contribution in [0.25, 0.3) is 0 Å². The largest absolute Gasteiger partial charge is 0.388 e. The van der Waals surface area contributed by atoms with Gasteiger partial charge >= 0.3 is 0 Å². The van der Waals surface area contributed by atoms with Crippen molar-refractivity contribution in [1.82, 2.24) is 0 Å². The summed E-state index contributed by atoms with van der Waals surface area (Å²) in [6.07, 6.45) is -0.0252. The quantitative estimate of drug-likeness (QED) is 0.783. The molecule has 21 heavy (non-hydrogen) atoms. The van der Waals surface area contributed by atoms with Gasteiger partial charge < -0.3 is 5.11 Å². The zero-order valence-corrected chi connectivity index (χ0v) is 14.0. The van der Waals surface area contributed by atoms with Crippen LogP contribution in [0.4, 0.5) is 0 Å². The van der Waals surface area contributed by atoms with Gasteiger partial charge in [-0.2, -0.15) is 0 Å². The first-order chi connectivity index (χ1) is 9.77. The number of hydrogen-bond donors (Lipinski definition) is 1. The molecule has 1 N–H and O–H groups in total. The summed E-state index contributed by atoms with van der Waals surface area (Å²) in [6.45, 7) is 6.56. The molecule has 0 aliphatic carbocycles. The van der Waals surface area contributed by atoms with E-state index in [9.17, 15) is 5.11 Å². The van der Waals surface area contributed by atoms with Gasteiger partial charge in [-0.3, -0.25) is 0 Å². The molecule has 0 bridgehead atoms. The molecule has 2 aromatic rings. The van der Waals surface area contributed by atoms with Crippen molar-refractivity contribution in [2.24, 2.45) is 0 Å². The van der Waals surface area contributed by atoms with Crippen LogP contribution in [-0.2, 0) is 11.8 Å². The minimum absolute atomic E-state index is 0.140. The van der Waals surface area contributed by atoms with E-state index in [1.807, 2.05) is 6.07 Å². The summed E-state index contributed by atoms with van der Waals surface area (Å²) < 4.78 is 0. The first kappa shape index (κ1) is 16.4. The molecule has 0 aromatic heterocycles. The number of aliphatic hydroxyl groups excluding tert-OH is 1. The third-order valence-electron chi connectivity index (χ3n) is 3.58. The Morgan fingerprint density at radius 2 is 1.57 bits per heavy atom. The van der Waals surface area contributed by atoms with E-state index in [4.69, 9.17) is 23.2 Å². The highest BCUT2D eigenvalue weighted by atomic mass is 35.5. The van der Waals surface area contributed by atoms with Gasteiger partial charge in [0.05, 0.1) is 16.1 Å². The Morgan fingerprint density at radius 1 is 0.952 bits per heavy atom. The molecule has 0 aliphatic rings.